The molecule has 5 aromatic carbocycles. The largest absolute Gasteiger partial charge is 0.428 e. The first-order chi connectivity index (χ1) is 14.7. The summed E-state index contributed by atoms with van der Waals surface area (Å²) in [6.07, 6.45) is 0. The molecule has 7 aromatic rings. The van der Waals surface area contributed by atoms with Crippen molar-refractivity contribution in [2.75, 3.05) is 0 Å². The molecule has 30 heavy (non-hydrogen) atoms. The van der Waals surface area contributed by atoms with Gasteiger partial charge in [-0.1, -0.05) is 60.7 Å². The van der Waals surface area contributed by atoms with Gasteiger partial charge in [-0.15, -0.1) is 0 Å². The predicted octanol–water partition coefficient (Wildman–Crippen LogP) is 6.98. The SMILES string of the molecule is Cn1c2cc3ccccc3cc2c2ccc3c(c4ccc5ccccc5c4n3O)c21. The van der Waals surface area contributed by atoms with Crippen molar-refractivity contribution in [3.05, 3.63) is 84.9 Å². The minimum absolute atomic E-state index is 0.837. The third-order valence-corrected chi connectivity index (χ3v) is 6.62. The Hall–Kier alpha value is -3.98. The van der Waals surface area contributed by atoms with E-state index in [2.05, 4.69) is 78.3 Å². The number of nitrogens with zero attached hydrogens (tertiary/aromatic N) is 2. The fourth-order valence-corrected chi connectivity index (χ4v) is 5.24. The molecule has 0 amide bonds. The molecule has 3 nitrogen and oxygen atoms in total. The average molecular weight is 386 g/mol. The molecular weight excluding hydrogens is 368 g/mol. The molecule has 2 aromatic heterocycles. The van der Waals surface area contributed by atoms with Crippen LogP contribution < -0.4 is 0 Å². The van der Waals surface area contributed by atoms with Crippen LogP contribution in [-0.4, -0.2) is 14.5 Å². The number of hydrogen-bond acceptors (Lipinski definition) is 1. The second-order valence-corrected chi connectivity index (χ2v) is 8.13. The van der Waals surface area contributed by atoms with Gasteiger partial charge in [-0.2, -0.15) is 4.73 Å². The van der Waals surface area contributed by atoms with Gasteiger partial charge < -0.3 is 9.77 Å². The zero-order valence-electron chi connectivity index (χ0n) is 16.4. The van der Waals surface area contributed by atoms with Crippen molar-refractivity contribution < 1.29 is 5.21 Å². The Kier molecular flexibility index (Phi) is 2.82. The van der Waals surface area contributed by atoms with Crippen LogP contribution in [0, 0.1) is 0 Å². The zero-order valence-corrected chi connectivity index (χ0v) is 16.4. The molecule has 1 N–H and O–H groups in total. The summed E-state index contributed by atoms with van der Waals surface area (Å²) in [7, 11) is 2.13. The molecule has 0 aliphatic heterocycles. The van der Waals surface area contributed by atoms with Crippen molar-refractivity contribution in [1.29, 1.82) is 0 Å². The van der Waals surface area contributed by atoms with Crippen LogP contribution in [0.25, 0.3) is 65.2 Å². The summed E-state index contributed by atoms with van der Waals surface area (Å²) in [6, 6.07) is 29.7. The Morgan fingerprint density at radius 3 is 2.10 bits per heavy atom. The number of fused-ring (bicyclic) bond motifs is 10. The normalized spacial score (nSPS) is 12.3. The van der Waals surface area contributed by atoms with E-state index in [1.807, 2.05) is 18.2 Å². The molecule has 0 saturated carbocycles. The van der Waals surface area contributed by atoms with Crippen LogP contribution in [0.1, 0.15) is 0 Å². The molecule has 0 fully saturated rings. The smallest absolute Gasteiger partial charge is 0.0958 e. The van der Waals surface area contributed by atoms with E-state index in [9.17, 15) is 5.21 Å². The van der Waals surface area contributed by atoms with Gasteiger partial charge in [0.25, 0.3) is 0 Å². The van der Waals surface area contributed by atoms with Gasteiger partial charge >= 0.3 is 0 Å². The molecule has 0 bridgehead atoms. The summed E-state index contributed by atoms with van der Waals surface area (Å²) in [5.74, 6) is 0. The number of aryl methyl sites for hydroxylation is 1. The summed E-state index contributed by atoms with van der Waals surface area (Å²) in [5, 5.41) is 20.4. The molecule has 142 valence electrons. The monoisotopic (exact) mass is 386 g/mol. The summed E-state index contributed by atoms with van der Waals surface area (Å²) < 4.78 is 3.63. The highest BCUT2D eigenvalue weighted by molar-refractivity contribution is 6.28. The highest BCUT2D eigenvalue weighted by Crippen LogP contribution is 2.41. The number of hydrogen-bond donors (Lipinski definition) is 1. The maximum Gasteiger partial charge on any atom is 0.0958 e. The van der Waals surface area contributed by atoms with Gasteiger partial charge in [-0.3, -0.25) is 0 Å². The molecule has 7 rings (SSSR count). The van der Waals surface area contributed by atoms with E-state index in [-0.39, 0.29) is 0 Å². The van der Waals surface area contributed by atoms with Crippen LogP contribution in [0.2, 0.25) is 0 Å². The molecule has 0 spiro atoms. The van der Waals surface area contributed by atoms with Crippen LogP contribution in [0.5, 0.6) is 0 Å². The molecular formula is C27H18N2O. The van der Waals surface area contributed by atoms with Crippen molar-refractivity contribution in [3.63, 3.8) is 0 Å². The van der Waals surface area contributed by atoms with Crippen LogP contribution in [0.15, 0.2) is 84.9 Å². The van der Waals surface area contributed by atoms with Crippen LogP contribution in [0.3, 0.4) is 0 Å². The molecule has 0 radical (unpaired) electrons. The van der Waals surface area contributed by atoms with Gasteiger partial charge in [0.05, 0.1) is 16.6 Å². The van der Waals surface area contributed by atoms with Gasteiger partial charge in [-0.05, 0) is 40.4 Å². The summed E-state index contributed by atoms with van der Waals surface area (Å²) in [4.78, 5) is 0. The number of benzene rings is 5. The fraction of sp³-hybridized carbons (Fsp3) is 0.0370. The zero-order chi connectivity index (χ0) is 20.0. The van der Waals surface area contributed by atoms with Gasteiger partial charge in [0, 0.05) is 39.5 Å². The molecule has 3 heteroatoms. The molecule has 0 atom stereocenters. The van der Waals surface area contributed by atoms with Crippen molar-refractivity contribution in [1.82, 2.24) is 9.30 Å². The molecule has 0 saturated heterocycles. The average Bonchev–Trinajstić information content (AvgIpc) is 3.24. The lowest BCUT2D eigenvalue weighted by atomic mass is 10.0. The number of aromatic nitrogens is 2. The lowest BCUT2D eigenvalue weighted by Gasteiger charge is -2.02. The maximum atomic E-state index is 11.1. The van der Waals surface area contributed by atoms with Gasteiger partial charge in [0.15, 0.2) is 0 Å². The Morgan fingerprint density at radius 2 is 1.27 bits per heavy atom. The van der Waals surface area contributed by atoms with E-state index < -0.39 is 0 Å². The van der Waals surface area contributed by atoms with E-state index in [0.717, 1.165) is 38.1 Å². The first kappa shape index (κ1) is 15.9. The van der Waals surface area contributed by atoms with Crippen LogP contribution in [0.4, 0.5) is 0 Å². The van der Waals surface area contributed by atoms with Crippen LogP contribution >= 0.6 is 0 Å². The molecule has 0 unspecified atom stereocenters. The van der Waals surface area contributed by atoms with Crippen molar-refractivity contribution in [2.24, 2.45) is 7.05 Å². The van der Waals surface area contributed by atoms with E-state index in [4.69, 9.17) is 0 Å². The van der Waals surface area contributed by atoms with Gasteiger partial charge in [0.2, 0.25) is 0 Å². The summed E-state index contributed by atoms with van der Waals surface area (Å²) >= 11 is 0. The maximum absolute atomic E-state index is 11.1. The minimum Gasteiger partial charge on any atom is -0.428 e. The first-order valence-electron chi connectivity index (χ1n) is 10.2. The van der Waals surface area contributed by atoms with Crippen molar-refractivity contribution in [3.8, 4) is 0 Å². The minimum atomic E-state index is 0.837. The van der Waals surface area contributed by atoms with Crippen molar-refractivity contribution >= 4 is 65.2 Å². The summed E-state index contributed by atoms with van der Waals surface area (Å²) in [6.45, 7) is 0. The van der Waals surface area contributed by atoms with E-state index in [1.54, 1.807) is 0 Å². The highest BCUT2D eigenvalue weighted by atomic mass is 16.5. The second-order valence-electron chi connectivity index (χ2n) is 8.13. The quantitative estimate of drug-likeness (QED) is 0.280. The topological polar surface area (TPSA) is 30.1 Å². The highest BCUT2D eigenvalue weighted by Gasteiger charge is 2.19. The lowest BCUT2D eigenvalue weighted by Crippen LogP contribution is -1.90. The first-order valence-corrected chi connectivity index (χ1v) is 10.2. The Balaban J connectivity index is 1.77. The Labute approximate surface area is 171 Å². The van der Waals surface area contributed by atoms with Gasteiger partial charge in [-0.25, -0.2) is 0 Å². The van der Waals surface area contributed by atoms with Gasteiger partial charge in [0.1, 0.15) is 0 Å². The molecule has 2 heterocycles. The number of rotatable bonds is 0. The lowest BCUT2D eigenvalue weighted by molar-refractivity contribution is 0.213. The molecule has 0 aliphatic carbocycles. The second kappa shape index (κ2) is 5.33. The summed E-state index contributed by atoms with van der Waals surface area (Å²) in [5.41, 5.74) is 4.07. The molecule has 0 aliphatic rings. The van der Waals surface area contributed by atoms with E-state index >= 15 is 0 Å². The van der Waals surface area contributed by atoms with Crippen LogP contribution in [-0.2, 0) is 7.05 Å². The van der Waals surface area contributed by atoms with E-state index in [1.165, 1.54) is 31.8 Å². The third-order valence-electron chi connectivity index (χ3n) is 6.62. The fourth-order valence-electron chi connectivity index (χ4n) is 5.24. The standard InChI is InChI=1S/C27H18N2O/c1-28-24-15-18-8-3-2-7-17(18)14-22(24)20-12-13-23-25(27(20)28)21-11-10-16-6-4-5-9-19(16)26(21)29(23)30/h2-15,30H,1H3. The Bertz CT molecular complexity index is 1820. The predicted molar refractivity (Wildman–Crippen MR) is 126 cm³/mol. The van der Waals surface area contributed by atoms with E-state index in [0.29, 0.717) is 0 Å². The third kappa shape index (κ3) is 1.80. The van der Waals surface area contributed by atoms with Crippen molar-refractivity contribution in [2.45, 2.75) is 0 Å². The Morgan fingerprint density at radius 1 is 0.567 bits per heavy atom.